The number of aromatic nitrogens is 1. The van der Waals surface area contributed by atoms with Gasteiger partial charge in [-0.2, -0.15) is 0 Å². The van der Waals surface area contributed by atoms with Crippen molar-refractivity contribution in [2.45, 2.75) is 13.3 Å². The third-order valence-corrected chi connectivity index (χ3v) is 4.99. The van der Waals surface area contributed by atoms with Crippen molar-refractivity contribution < 1.29 is 14.6 Å². The molecule has 5 nitrogen and oxygen atoms in total. The smallest absolute Gasteiger partial charge is 0.336 e. The number of hydrogen-bond donors (Lipinski definition) is 2. The summed E-state index contributed by atoms with van der Waals surface area (Å²) in [5, 5.41) is 10.2. The molecule has 0 saturated carbocycles. The van der Waals surface area contributed by atoms with Crippen molar-refractivity contribution in [2.24, 2.45) is 5.73 Å². The lowest BCUT2D eigenvalue weighted by atomic mass is 9.98. The number of carboxylic acids is 1. The van der Waals surface area contributed by atoms with Crippen LogP contribution in [0.15, 0.2) is 78.9 Å². The van der Waals surface area contributed by atoms with E-state index in [1.54, 1.807) is 13.2 Å². The molecule has 0 radical (unpaired) electrons. The molecule has 0 amide bonds. The summed E-state index contributed by atoms with van der Waals surface area (Å²) in [7, 11) is 1.66. The summed E-state index contributed by atoms with van der Waals surface area (Å²) < 4.78 is 5.02. The van der Waals surface area contributed by atoms with E-state index in [9.17, 15) is 9.90 Å². The normalized spacial score (nSPS) is 10.3. The maximum Gasteiger partial charge on any atom is 0.336 e. The molecule has 0 aliphatic carbocycles. The third kappa shape index (κ3) is 5.27. The predicted octanol–water partition coefficient (Wildman–Crippen LogP) is 5.10. The molecule has 3 aromatic carbocycles. The van der Waals surface area contributed by atoms with Gasteiger partial charge in [0.25, 0.3) is 0 Å². The Bertz CT molecular complexity index is 1160. The van der Waals surface area contributed by atoms with Crippen LogP contribution in [0.2, 0.25) is 0 Å². The van der Waals surface area contributed by atoms with Gasteiger partial charge in [-0.25, -0.2) is 9.78 Å². The van der Waals surface area contributed by atoms with Crippen molar-refractivity contribution in [3.05, 3.63) is 95.6 Å². The van der Waals surface area contributed by atoms with Crippen LogP contribution in [0.3, 0.4) is 0 Å². The van der Waals surface area contributed by atoms with Crippen LogP contribution < -0.4 is 10.5 Å². The van der Waals surface area contributed by atoms with E-state index < -0.39 is 5.97 Å². The highest BCUT2D eigenvalue weighted by molar-refractivity contribution is 6.05. The molecule has 1 heterocycles. The minimum atomic E-state index is -0.918. The van der Waals surface area contributed by atoms with Crippen LogP contribution in [0, 0.1) is 6.92 Å². The Labute approximate surface area is 182 Å². The summed E-state index contributed by atoms with van der Waals surface area (Å²) >= 11 is 0. The Morgan fingerprint density at radius 2 is 1.61 bits per heavy atom. The van der Waals surface area contributed by atoms with E-state index in [-0.39, 0.29) is 0 Å². The van der Waals surface area contributed by atoms with Gasteiger partial charge in [0.15, 0.2) is 0 Å². The zero-order chi connectivity index (χ0) is 22.2. The van der Waals surface area contributed by atoms with Crippen molar-refractivity contribution in [1.29, 1.82) is 0 Å². The fourth-order valence-electron chi connectivity index (χ4n) is 3.42. The van der Waals surface area contributed by atoms with Crippen molar-refractivity contribution in [1.82, 2.24) is 4.98 Å². The van der Waals surface area contributed by atoms with E-state index in [0.29, 0.717) is 28.6 Å². The van der Waals surface area contributed by atoms with Gasteiger partial charge in [0, 0.05) is 10.9 Å². The van der Waals surface area contributed by atoms with Crippen LogP contribution in [0.25, 0.3) is 22.2 Å². The molecule has 4 rings (SSSR count). The number of benzene rings is 3. The molecule has 3 N–H and O–H groups in total. The topological polar surface area (TPSA) is 85.4 Å². The molecular formula is C26H26N2O3. The van der Waals surface area contributed by atoms with Gasteiger partial charge in [0.2, 0.25) is 0 Å². The van der Waals surface area contributed by atoms with Gasteiger partial charge in [-0.1, -0.05) is 60.7 Å². The zero-order valence-electron chi connectivity index (χ0n) is 17.7. The highest BCUT2D eigenvalue weighted by atomic mass is 16.5. The van der Waals surface area contributed by atoms with E-state index in [2.05, 4.69) is 4.98 Å². The Balaban J connectivity index is 0.000000210. The Hall–Kier alpha value is -3.70. The number of nitrogens with two attached hydrogens (primary N) is 1. The second-order valence-electron chi connectivity index (χ2n) is 7.04. The first-order valence-electron chi connectivity index (χ1n) is 10.1. The van der Waals surface area contributed by atoms with Crippen LogP contribution in [0.1, 0.15) is 21.5 Å². The molecule has 0 saturated heterocycles. The van der Waals surface area contributed by atoms with Crippen molar-refractivity contribution in [3.63, 3.8) is 0 Å². The predicted molar refractivity (Wildman–Crippen MR) is 125 cm³/mol. The van der Waals surface area contributed by atoms with Crippen LogP contribution in [-0.4, -0.2) is 29.7 Å². The number of ether oxygens (including phenoxy) is 1. The molecule has 5 heteroatoms. The number of aromatic carboxylic acids is 1. The monoisotopic (exact) mass is 414 g/mol. The van der Waals surface area contributed by atoms with Gasteiger partial charge in [-0.15, -0.1) is 0 Å². The number of methoxy groups -OCH3 is 1. The Morgan fingerprint density at radius 1 is 0.968 bits per heavy atom. The molecule has 0 aliphatic heterocycles. The average molecular weight is 415 g/mol. The van der Waals surface area contributed by atoms with Crippen LogP contribution in [0.4, 0.5) is 0 Å². The lowest BCUT2D eigenvalue weighted by Gasteiger charge is -2.11. The first kappa shape index (κ1) is 22.0. The molecule has 0 aliphatic rings. The van der Waals surface area contributed by atoms with Gasteiger partial charge in [0.1, 0.15) is 5.75 Å². The van der Waals surface area contributed by atoms with Crippen molar-refractivity contribution in [3.8, 4) is 17.0 Å². The van der Waals surface area contributed by atoms with E-state index in [1.807, 2.05) is 79.7 Å². The SMILES string of the molecule is COc1ccc(CCN)cc1.Cc1c(-c2ccccc2)nc2ccccc2c1C(=O)O. The fourth-order valence-corrected chi connectivity index (χ4v) is 3.42. The molecule has 0 spiro atoms. The number of fused-ring (bicyclic) bond motifs is 1. The molecule has 0 bridgehead atoms. The minimum Gasteiger partial charge on any atom is -0.497 e. The summed E-state index contributed by atoms with van der Waals surface area (Å²) in [5.74, 6) is -0.0240. The highest BCUT2D eigenvalue weighted by Crippen LogP contribution is 2.29. The summed E-state index contributed by atoms with van der Waals surface area (Å²) in [5.41, 5.74) is 10.0. The second-order valence-corrected chi connectivity index (χ2v) is 7.04. The highest BCUT2D eigenvalue weighted by Gasteiger charge is 2.17. The number of carboxylic acid groups (broad SMARTS) is 1. The zero-order valence-corrected chi connectivity index (χ0v) is 17.7. The summed E-state index contributed by atoms with van der Waals surface area (Å²) in [6, 6.07) is 25.0. The first-order valence-corrected chi connectivity index (χ1v) is 10.1. The molecular weight excluding hydrogens is 388 g/mol. The van der Waals surface area contributed by atoms with E-state index in [0.717, 1.165) is 23.4 Å². The quantitative estimate of drug-likeness (QED) is 0.474. The molecule has 31 heavy (non-hydrogen) atoms. The molecule has 158 valence electrons. The van der Waals surface area contributed by atoms with Gasteiger partial charge in [-0.3, -0.25) is 0 Å². The summed E-state index contributed by atoms with van der Waals surface area (Å²) in [6.07, 6.45) is 0.935. The number of para-hydroxylation sites is 1. The second kappa shape index (κ2) is 10.4. The minimum absolute atomic E-state index is 0.328. The maximum atomic E-state index is 11.6. The van der Waals surface area contributed by atoms with Crippen molar-refractivity contribution >= 4 is 16.9 Å². The van der Waals surface area contributed by atoms with Gasteiger partial charge < -0.3 is 15.6 Å². The van der Waals surface area contributed by atoms with Crippen LogP contribution >= 0.6 is 0 Å². The van der Waals surface area contributed by atoms with Crippen LogP contribution in [0.5, 0.6) is 5.75 Å². The molecule has 1 aromatic heterocycles. The van der Waals surface area contributed by atoms with E-state index in [1.165, 1.54) is 5.56 Å². The fraction of sp³-hybridized carbons (Fsp3) is 0.154. The molecule has 0 atom stereocenters. The number of carbonyl (C=O) groups is 1. The number of rotatable bonds is 5. The Kier molecular flexibility index (Phi) is 7.35. The molecule has 0 unspecified atom stereocenters. The number of hydrogen-bond acceptors (Lipinski definition) is 4. The van der Waals surface area contributed by atoms with Gasteiger partial charge in [0.05, 0.1) is 23.9 Å². The average Bonchev–Trinajstić information content (AvgIpc) is 2.80. The largest absolute Gasteiger partial charge is 0.497 e. The maximum absolute atomic E-state index is 11.6. The lowest BCUT2D eigenvalue weighted by Crippen LogP contribution is -2.04. The van der Waals surface area contributed by atoms with Gasteiger partial charge >= 0.3 is 5.97 Å². The third-order valence-electron chi connectivity index (χ3n) is 4.99. The summed E-state index contributed by atoms with van der Waals surface area (Å²) in [6.45, 7) is 2.51. The molecule has 4 aromatic rings. The summed E-state index contributed by atoms with van der Waals surface area (Å²) in [4.78, 5) is 16.2. The van der Waals surface area contributed by atoms with E-state index in [4.69, 9.17) is 10.5 Å². The van der Waals surface area contributed by atoms with E-state index >= 15 is 0 Å². The Morgan fingerprint density at radius 3 is 2.23 bits per heavy atom. The van der Waals surface area contributed by atoms with Crippen molar-refractivity contribution in [2.75, 3.05) is 13.7 Å². The number of pyridine rings is 1. The number of nitrogens with zero attached hydrogens (tertiary/aromatic N) is 1. The first-order chi connectivity index (χ1) is 15.0. The van der Waals surface area contributed by atoms with Gasteiger partial charge in [-0.05, 0) is 49.2 Å². The molecule has 0 fully saturated rings. The lowest BCUT2D eigenvalue weighted by molar-refractivity contribution is 0.0698. The standard InChI is InChI=1S/C17H13NO2.C9H13NO/c1-11-15(17(19)20)13-9-5-6-10-14(13)18-16(11)12-7-3-2-4-8-12;1-11-9-4-2-8(3-5-9)6-7-10/h2-10H,1H3,(H,19,20);2-5H,6-7,10H2,1H3. The van der Waals surface area contributed by atoms with Crippen LogP contribution in [-0.2, 0) is 6.42 Å².